The average molecular weight is 177 g/mol. The van der Waals surface area contributed by atoms with Gasteiger partial charge in [-0.3, -0.25) is 4.79 Å². The Morgan fingerprint density at radius 3 is 3.15 bits per heavy atom. The molecule has 1 aliphatic rings. The van der Waals surface area contributed by atoms with Crippen molar-refractivity contribution in [1.29, 1.82) is 0 Å². The molecule has 0 amide bonds. The van der Waals surface area contributed by atoms with E-state index in [0.29, 0.717) is 18.7 Å². The minimum atomic E-state index is 0.0642. The highest BCUT2D eigenvalue weighted by Crippen LogP contribution is 2.20. The topological polar surface area (TPSA) is 29.1 Å². The van der Waals surface area contributed by atoms with E-state index in [9.17, 15) is 4.79 Å². The molecule has 0 saturated carbocycles. The maximum absolute atomic E-state index is 11.3. The molecule has 1 rings (SSSR count). The Hall–Kier alpha value is -1.07. The summed E-state index contributed by atoms with van der Waals surface area (Å²) in [5.41, 5.74) is 0. The monoisotopic (exact) mass is 177 g/mol. The first kappa shape index (κ1) is 10.0. The second kappa shape index (κ2) is 4.84. The van der Waals surface area contributed by atoms with Crippen LogP contribution >= 0.6 is 0 Å². The van der Waals surface area contributed by atoms with Crippen molar-refractivity contribution in [3.63, 3.8) is 0 Å². The zero-order valence-corrected chi connectivity index (χ0v) is 8.13. The van der Waals surface area contributed by atoms with Crippen LogP contribution < -0.4 is 5.32 Å². The van der Waals surface area contributed by atoms with E-state index in [1.54, 1.807) is 0 Å². The lowest BCUT2D eigenvalue weighted by Gasteiger charge is -2.17. The van der Waals surface area contributed by atoms with Crippen molar-refractivity contribution in [2.24, 2.45) is 11.8 Å². The van der Waals surface area contributed by atoms with E-state index in [0.717, 1.165) is 0 Å². The van der Waals surface area contributed by atoms with E-state index < -0.39 is 0 Å². The van der Waals surface area contributed by atoms with Gasteiger partial charge in [-0.25, -0.2) is 0 Å². The zero-order chi connectivity index (χ0) is 9.68. The number of hydrogen-bond donors (Lipinski definition) is 1. The van der Waals surface area contributed by atoms with E-state index >= 15 is 0 Å². The van der Waals surface area contributed by atoms with Crippen LogP contribution in [0.3, 0.4) is 0 Å². The van der Waals surface area contributed by atoms with Crippen molar-refractivity contribution >= 4 is 5.78 Å². The summed E-state index contributed by atoms with van der Waals surface area (Å²) in [6.07, 6.45) is 4.53. The molecule has 13 heavy (non-hydrogen) atoms. The highest BCUT2D eigenvalue weighted by atomic mass is 16.1. The van der Waals surface area contributed by atoms with E-state index in [-0.39, 0.29) is 11.8 Å². The third-order valence-electron chi connectivity index (χ3n) is 2.24. The van der Waals surface area contributed by atoms with E-state index in [1.165, 1.54) is 0 Å². The quantitative estimate of drug-likeness (QED) is 0.478. The Kier molecular flexibility index (Phi) is 3.72. The fraction of sp³-hybridized carbons (Fsp3) is 0.545. The van der Waals surface area contributed by atoms with Gasteiger partial charge in [0.15, 0.2) is 0 Å². The molecule has 0 heterocycles. The number of Topliss-reactive ketones (excluding diaryl/α,β-unsaturated/α-hetero) is 1. The molecule has 2 heteroatoms. The van der Waals surface area contributed by atoms with Crippen molar-refractivity contribution < 1.29 is 4.79 Å². The van der Waals surface area contributed by atoms with E-state index in [2.05, 4.69) is 17.2 Å². The van der Waals surface area contributed by atoms with E-state index in [4.69, 9.17) is 0 Å². The van der Waals surface area contributed by atoms with Crippen LogP contribution in [-0.2, 0) is 4.79 Å². The van der Waals surface area contributed by atoms with Crippen molar-refractivity contribution in [2.45, 2.75) is 13.3 Å². The summed E-state index contributed by atoms with van der Waals surface area (Å²) in [5, 5.41) is 2.95. The van der Waals surface area contributed by atoms with Gasteiger partial charge in [0.1, 0.15) is 5.78 Å². The number of allylic oxidation sites excluding steroid dienone is 2. The molecule has 0 fully saturated rings. The second-order valence-corrected chi connectivity index (χ2v) is 3.26. The number of nitrogens with one attached hydrogen (secondary N) is 1. The van der Waals surface area contributed by atoms with Gasteiger partial charge < -0.3 is 5.32 Å². The van der Waals surface area contributed by atoms with Crippen LogP contribution in [0, 0.1) is 23.7 Å². The first-order chi connectivity index (χ1) is 6.25. The first-order valence-electron chi connectivity index (χ1n) is 4.58. The number of carbonyl (C=O) groups is 1. The zero-order valence-electron chi connectivity index (χ0n) is 8.13. The summed E-state index contributed by atoms with van der Waals surface area (Å²) in [6.45, 7) is 2.63. The molecule has 2 atom stereocenters. The standard InChI is InChI=1S/C11H15NO/c1-9-10(6-4-8-12-2)5-3-7-11(9)13/h3,5,9-10,12H,7-8H2,1-2H3. The van der Waals surface area contributed by atoms with Crippen LogP contribution in [0.4, 0.5) is 0 Å². The molecule has 0 aromatic heterocycles. The molecule has 2 nitrogen and oxygen atoms in total. The summed E-state index contributed by atoms with van der Waals surface area (Å²) >= 11 is 0. The minimum Gasteiger partial charge on any atom is -0.309 e. The molecule has 1 aliphatic carbocycles. The van der Waals surface area contributed by atoms with Crippen molar-refractivity contribution in [2.75, 3.05) is 13.6 Å². The molecule has 70 valence electrons. The van der Waals surface area contributed by atoms with Gasteiger partial charge in [0.25, 0.3) is 0 Å². The van der Waals surface area contributed by atoms with Crippen LogP contribution in [-0.4, -0.2) is 19.4 Å². The molecular weight excluding hydrogens is 162 g/mol. The highest BCUT2D eigenvalue weighted by molar-refractivity contribution is 5.84. The van der Waals surface area contributed by atoms with Gasteiger partial charge in [0.05, 0.1) is 6.54 Å². The lowest BCUT2D eigenvalue weighted by atomic mass is 9.85. The minimum absolute atomic E-state index is 0.0642. The lowest BCUT2D eigenvalue weighted by Crippen LogP contribution is -2.21. The summed E-state index contributed by atoms with van der Waals surface area (Å²) in [6, 6.07) is 0. The van der Waals surface area contributed by atoms with Crippen LogP contribution in [0.5, 0.6) is 0 Å². The summed E-state index contributed by atoms with van der Waals surface area (Å²) < 4.78 is 0. The van der Waals surface area contributed by atoms with Crippen molar-refractivity contribution in [3.8, 4) is 11.8 Å². The molecule has 1 N–H and O–H groups in total. The maximum atomic E-state index is 11.3. The number of rotatable bonds is 1. The third-order valence-corrected chi connectivity index (χ3v) is 2.24. The van der Waals surface area contributed by atoms with Crippen molar-refractivity contribution in [1.82, 2.24) is 5.32 Å². The fourth-order valence-corrected chi connectivity index (χ4v) is 1.31. The largest absolute Gasteiger partial charge is 0.309 e. The molecule has 2 unspecified atom stereocenters. The Morgan fingerprint density at radius 2 is 2.46 bits per heavy atom. The van der Waals surface area contributed by atoms with Crippen molar-refractivity contribution in [3.05, 3.63) is 12.2 Å². The SMILES string of the molecule is CNCC#CC1C=CCC(=O)C1C. The molecule has 0 bridgehead atoms. The lowest BCUT2D eigenvalue weighted by molar-refractivity contribution is -0.122. The maximum Gasteiger partial charge on any atom is 0.140 e. The van der Waals surface area contributed by atoms with Crippen LogP contribution in [0.1, 0.15) is 13.3 Å². The Labute approximate surface area is 79.4 Å². The Bertz CT molecular complexity index is 270. The van der Waals surface area contributed by atoms with Gasteiger partial charge in [-0.15, -0.1) is 0 Å². The molecule has 0 aromatic carbocycles. The van der Waals surface area contributed by atoms with Gasteiger partial charge >= 0.3 is 0 Å². The molecule has 0 aromatic rings. The van der Waals surface area contributed by atoms with Gasteiger partial charge in [0, 0.05) is 18.3 Å². The predicted octanol–water partition coefficient (Wildman–Crippen LogP) is 0.991. The number of hydrogen-bond acceptors (Lipinski definition) is 2. The van der Waals surface area contributed by atoms with Crippen LogP contribution in [0.25, 0.3) is 0 Å². The van der Waals surface area contributed by atoms with Gasteiger partial charge in [-0.05, 0) is 7.05 Å². The second-order valence-electron chi connectivity index (χ2n) is 3.26. The summed E-state index contributed by atoms with van der Waals surface area (Å²) in [5.74, 6) is 6.56. The molecule has 0 aliphatic heterocycles. The molecule has 0 radical (unpaired) electrons. The highest BCUT2D eigenvalue weighted by Gasteiger charge is 2.22. The Morgan fingerprint density at radius 1 is 1.69 bits per heavy atom. The van der Waals surface area contributed by atoms with E-state index in [1.807, 2.05) is 26.1 Å². The van der Waals surface area contributed by atoms with Crippen LogP contribution in [0.15, 0.2) is 12.2 Å². The number of carbonyl (C=O) groups excluding carboxylic acids is 1. The smallest absolute Gasteiger partial charge is 0.140 e. The third kappa shape index (κ3) is 2.71. The van der Waals surface area contributed by atoms with Gasteiger partial charge in [-0.1, -0.05) is 30.9 Å². The van der Waals surface area contributed by atoms with Gasteiger partial charge in [0.2, 0.25) is 0 Å². The normalized spacial score (nSPS) is 26.8. The fourth-order valence-electron chi connectivity index (χ4n) is 1.31. The predicted molar refractivity (Wildman–Crippen MR) is 53.1 cm³/mol. The summed E-state index contributed by atoms with van der Waals surface area (Å²) in [4.78, 5) is 11.3. The first-order valence-corrected chi connectivity index (χ1v) is 4.58. The van der Waals surface area contributed by atoms with Gasteiger partial charge in [-0.2, -0.15) is 0 Å². The molecular formula is C11H15NO. The summed E-state index contributed by atoms with van der Waals surface area (Å²) in [7, 11) is 1.86. The average Bonchev–Trinajstić information content (AvgIpc) is 2.13. The van der Waals surface area contributed by atoms with Crippen LogP contribution in [0.2, 0.25) is 0 Å². The molecule has 0 spiro atoms. The number of ketones is 1. The molecule has 0 saturated heterocycles. The Balaban J connectivity index is 2.60.